The summed E-state index contributed by atoms with van der Waals surface area (Å²) in [4.78, 5) is 2.52. The van der Waals surface area contributed by atoms with Gasteiger partial charge < -0.3 is 10.2 Å². The second kappa shape index (κ2) is 5.87. The van der Waals surface area contributed by atoms with Gasteiger partial charge in [0.1, 0.15) is 0 Å². The molecule has 0 aromatic heterocycles. The maximum Gasteiger partial charge on any atom is 0.0396 e. The molecule has 1 aromatic carbocycles. The molecule has 3 heteroatoms. The SMILES string of the molecule is CCNCC1CCN(c2ccc(Br)cc2C)C1. The van der Waals surface area contributed by atoms with E-state index in [0.717, 1.165) is 19.0 Å². The van der Waals surface area contributed by atoms with Crippen molar-refractivity contribution in [3.05, 3.63) is 28.2 Å². The van der Waals surface area contributed by atoms with Gasteiger partial charge in [0.05, 0.1) is 0 Å². The van der Waals surface area contributed by atoms with Crippen molar-refractivity contribution in [2.75, 3.05) is 31.1 Å². The van der Waals surface area contributed by atoms with Gasteiger partial charge in [-0.05, 0) is 56.1 Å². The van der Waals surface area contributed by atoms with Gasteiger partial charge in [-0.1, -0.05) is 22.9 Å². The van der Waals surface area contributed by atoms with Crippen LogP contribution in [0.2, 0.25) is 0 Å². The number of halogens is 1. The highest BCUT2D eigenvalue weighted by Crippen LogP contribution is 2.28. The standard InChI is InChI=1S/C14H21BrN2/c1-3-16-9-12-6-7-17(10-12)14-5-4-13(15)8-11(14)2/h4-5,8,12,16H,3,6-7,9-10H2,1-2H3. The summed E-state index contributed by atoms with van der Waals surface area (Å²) in [5.74, 6) is 0.804. The van der Waals surface area contributed by atoms with Crippen molar-refractivity contribution in [1.29, 1.82) is 0 Å². The average Bonchev–Trinajstić information content (AvgIpc) is 2.75. The number of anilines is 1. The molecule has 0 spiro atoms. The van der Waals surface area contributed by atoms with E-state index in [1.807, 2.05) is 0 Å². The van der Waals surface area contributed by atoms with Gasteiger partial charge in [0, 0.05) is 23.2 Å². The molecule has 0 amide bonds. The number of rotatable bonds is 4. The molecule has 1 aromatic rings. The Labute approximate surface area is 113 Å². The monoisotopic (exact) mass is 296 g/mol. The molecule has 1 heterocycles. The third-order valence-electron chi connectivity index (χ3n) is 3.47. The van der Waals surface area contributed by atoms with E-state index in [0.29, 0.717) is 0 Å². The third-order valence-corrected chi connectivity index (χ3v) is 3.96. The quantitative estimate of drug-likeness (QED) is 0.918. The molecule has 1 atom stereocenters. The maximum atomic E-state index is 3.52. The molecule has 1 saturated heterocycles. The lowest BCUT2D eigenvalue weighted by molar-refractivity contribution is 0.528. The van der Waals surface area contributed by atoms with Crippen molar-refractivity contribution >= 4 is 21.6 Å². The minimum absolute atomic E-state index is 0.804. The molecule has 0 aliphatic carbocycles. The summed E-state index contributed by atoms with van der Waals surface area (Å²) in [6.07, 6.45) is 1.31. The lowest BCUT2D eigenvalue weighted by atomic mass is 10.1. The zero-order chi connectivity index (χ0) is 12.3. The topological polar surface area (TPSA) is 15.3 Å². The summed E-state index contributed by atoms with van der Waals surface area (Å²) in [5.41, 5.74) is 2.76. The Morgan fingerprint density at radius 1 is 1.47 bits per heavy atom. The molecular formula is C14H21BrN2. The van der Waals surface area contributed by atoms with Crippen LogP contribution < -0.4 is 10.2 Å². The number of nitrogens with zero attached hydrogens (tertiary/aromatic N) is 1. The van der Waals surface area contributed by atoms with Crippen LogP contribution in [0.5, 0.6) is 0 Å². The van der Waals surface area contributed by atoms with Gasteiger partial charge >= 0.3 is 0 Å². The predicted octanol–water partition coefficient (Wildman–Crippen LogP) is 3.19. The molecule has 0 saturated carbocycles. The molecule has 1 unspecified atom stereocenters. The number of nitrogens with one attached hydrogen (secondary N) is 1. The van der Waals surface area contributed by atoms with Crippen LogP contribution in [0.15, 0.2) is 22.7 Å². The molecule has 2 rings (SSSR count). The Kier molecular flexibility index (Phi) is 4.46. The molecule has 1 fully saturated rings. The molecule has 2 nitrogen and oxygen atoms in total. The second-order valence-electron chi connectivity index (χ2n) is 4.84. The van der Waals surface area contributed by atoms with Crippen molar-refractivity contribution in [2.24, 2.45) is 5.92 Å². The van der Waals surface area contributed by atoms with Crippen LogP contribution in [0, 0.1) is 12.8 Å². The Bertz CT molecular complexity index is 378. The second-order valence-corrected chi connectivity index (χ2v) is 5.75. The Balaban J connectivity index is 2.00. The van der Waals surface area contributed by atoms with Crippen molar-refractivity contribution < 1.29 is 0 Å². The molecular weight excluding hydrogens is 276 g/mol. The average molecular weight is 297 g/mol. The summed E-state index contributed by atoms with van der Waals surface area (Å²) < 4.78 is 1.17. The first-order valence-electron chi connectivity index (χ1n) is 6.42. The number of hydrogen-bond acceptors (Lipinski definition) is 2. The summed E-state index contributed by atoms with van der Waals surface area (Å²) in [7, 11) is 0. The van der Waals surface area contributed by atoms with E-state index in [2.05, 4.69) is 58.2 Å². The largest absolute Gasteiger partial charge is 0.371 e. The van der Waals surface area contributed by atoms with E-state index in [1.165, 1.54) is 35.2 Å². The molecule has 1 N–H and O–H groups in total. The molecule has 0 bridgehead atoms. The lowest BCUT2D eigenvalue weighted by Crippen LogP contribution is -2.26. The molecule has 1 aliphatic rings. The van der Waals surface area contributed by atoms with Gasteiger partial charge in [-0.3, -0.25) is 0 Å². The highest BCUT2D eigenvalue weighted by molar-refractivity contribution is 9.10. The smallest absolute Gasteiger partial charge is 0.0396 e. The summed E-state index contributed by atoms with van der Waals surface area (Å²) >= 11 is 3.52. The number of hydrogen-bond donors (Lipinski definition) is 1. The molecule has 0 radical (unpaired) electrons. The first-order valence-corrected chi connectivity index (χ1v) is 7.22. The molecule has 17 heavy (non-hydrogen) atoms. The predicted molar refractivity (Wildman–Crippen MR) is 77.7 cm³/mol. The van der Waals surface area contributed by atoms with E-state index in [9.17, 15) is 0 Å². The van der Waals surface area contributed by atoms with Crippen molar-refractivity contribution in [3.8, 4) is 0 Å². The van der Waals surface area contributed by atoms with Crippen LogP contribution in [0.1, 0.15) is 18.9 Å². The first-order chi connectivity index (χ1) is 8.20. The summed E-state index contributed by atoms with van der Waals surface area (Å²) in [6.45, 7) is 8.98. The highest BCUT2D eigenvalue weighted by Gasteiger charge is 2.22. The first kappa shape index (κ1) is 12.9. The van der Waals surface area contributed by atoms with Gasteiger partial charge in [0.15, 0.2) is 0 Å². The summed E-state index contributed by atoms with van der Waals surface area (Å²) in [5, 5.41) is 3.45. The van der Waals surface area contributed by atoms with Crippen LogP contribution in [0.4, 0.5) is 5.69 Å². The fourth-order valence-electron chi connectivity index (χ4n) is 2.54. The third kappa shape index (κ3) is 3.23. The van der Waals surface area contributed by atoms with Gasteiger partial charge in [0.2, 0.25) is 0 Å². The van der Waals surface area contributed by atoms with Crippen LogP contribution in [-0.4, -0.2) is 26.2 Å². The fourth-order valence-corrected chi connectivity index (χ4v) is 3.02. The highest BCUT2D eigenvalue weighted by atomic mass is 79.9. The van der Waals surface area contributed by atoms with Gasteiger partial charge in [0.25, 0.3) is 0 Å². The van der Waals surface area contributed by atoms with Crippen molar-refractivity contribution in [3.63, 3.8) is 0 Å². The van der Waals surface area contributed by atoms with Crippen molar-refractivity contribution in [2.45, 2.75) is 20.3 Å². The van der Waals surface area contributed by atoms with E-state index in [-0.39, 0.29) is 0 Å². The zero-order valence-corrected chi connectivity index (χ0v) is 12.3. The van der Waals surface area contributed by atoms with Gasteiger partial charge in [-0.2, -0.15) is 0 Å². The normalized spacial score (nSPS) is 19.9. The Morgan fingerprint density at radius 2 is 2.29 bits per heavy atom. The van der Waals surface area contributed by atoms with Crippen LogP contribution in [0.3, 0.4) is 0 Å². The fraction of sp³-hybridized carbons (Fsp3) is 0.571. The summed E-state index contributed by atoms with van der Waals surface area (Å²) in [6, 6.07) is 6.57. The van der Waals surface area contributed by atoms with E-state index >= 15 is 0 Å². The van der Waals surface area contributed by atoms with Gasteiger partial charge in [-0.25, -0.2) is 0 Å². The van der Waals surface area contributed by atoms with Crippen molar-refractivity contribution in [1.82, 2.24) is 5.32 Å². The van der Waals surface area contributed by atoms with Crippen LogP contribution in [0.25, 0.3) is 0 Å². The maximum absolute atomic E-state index is 3.52. The number of aryl methyl sites for hydroxylation is 1. The lowest BCUT2D eigenvalue weighted by Gasteiger charge is -2.21. The van der Waals surface area contributed by atoms with E-state index in [1.54, 1.807) is 0 Å². The molecule has 94 valence electrons. The van der Waals surface area contributed by atoms with Crippen LogP contribution >= 0.6 is 15.9 Å². The van der Waals surface area contributed by atoms with E-state index < -0.39 is 0 Å². The van der Waals surface area contributed by atoms with E-state index in [4.69, 9.17) is 0 Å². The number of benzene rings is 1. The zero-order valence-electron chi connectivity index (χ0n) is 10.7. The molecule has 1 aliphatic heterocycles. The Morgan fingerprint density at radius 3 is 3.00 bits per heavy atom. The van der Waals surface area contributed by atoms with Gasteiger partial charge in [-0.15, -0.1) is 0 Å². The Hall–Kier alpha value is -0.540. The minimum atomic E-state index is 0.804. The minimum Gasteiger partial charge on any atom is -0.371 e. The van der Waals surface area contributed by atoms with Crippen LogP contribution in [-0.2, 0) is 0 Å².